The Morgan fingerprint density at radius 2 is 1.59 bits per heavy atom. The average Bonchev–Trinajstić information content (AvgIpc) is 2.70. The summed E-state index contributed by atoms with van der Waals surface area (Å²) >= 11 is 0. The lowest BCUT2D eigenvalue weighted by molar-refractivity contribution is 0.119. The minimum atomic E-state index is -0.598. The Kier molecular flexibility index (Phi) is 6.06. The fourth-order valence-electron chi connectivity index (χ4n) is 2.81. The maximum absolute atomic E-state index is 13.5. The summed E-state index contributed by atoms with van der Waals surface area (Å²) in [5, 5.41) is 0. The summed E-state index contributed by atoms with van der Waals surface area (Å²) in [6, 6.07) is 22.4. The van der Waals surface area contributed by atoms with Gasteiger partial charge >= 0.3 is 0 Å². The molecule has 27 heavy (non-hydrogen) atoms. The molecule has 3 aromatic carbocycles. The lowest BCUT2D eigenvalue weighted by Gasteiger charge is -2.13. The van der Waals surface area contributed by atoms with Crippen molar-refractivity contribution in [3.05, 3.63) is 101 Å². The van der Waals surface area contributed by atoms with Crippen molar-refractivity contribution in [3.8, 4) is 11.5 Å². The van der Waals surface area contributed by atoms with E-state index in [1.54, 1.807) is 6.07 Å². The van der Waals surface area contributed by atoms with Crippen molar-refractivity contribution in [3.63, 3.8) is 0 Å². The van der Waals surface area contributed by atoms with E-state index in [-0.39, 0.29) is 12.5 Å². The number of ether oxygens (including phenoxy) is 2. The first-order chi connectivity index (χ1) is 13.2. The van der Waals surface area contributed by atoms with Gasteiger partial charge in [-0.05, 0) is 47.7 Å². The molecule has 0 spiro atoms. The molecule has 3 nitrogen and oxygen atoms in total. The Bertz CT molecular complexity index is 917. The minimum Gasteiger partial charge on any atom is -0.458 e. The number of hydrogen-bond acceptors (Lipinski definition) is 2. The summed E-state index contributed by atoms with van der Waals surface area (Å²) in [4.78, 5) is 3.08. The van der Waals surface area contributed by atoms with Gasteiger partial charge < -0.3 is 9.47 Å². The third kappa shape index (κ3) is 5.08. The molecular formula is C23H20FNO2. The summed E-state index contributed by atoms with van der Waals surface area (Å²) in [7, 11) is 0. The van der Waals surface area contributed by atoms with Crippen LogP contribution >= 0.6 is 0 Å². The van der Waals surface area contributed by atoms with Crippen LogP contribution in [0.4, 0.5) is 10.1 Å². The fraction of sp³-hybridized carbons (Fsp3) is 0.174. The Labute approximate surface area is 158 Å². The third-order valence-corrected chi connectivity index (χ3v) is 4.32. The highest BCUT2D eigenvalue weighted by Gasteiger charge is 2.07. The number of halogens is 1. The number of benzene rings is 3. The number of hydrogen-bond donors (Lipinski definition) is 0. The van der Waals surface area contributed by atoms with Crippen LogP contribution in [0.15, 0.2) is 72.8 Å². The van der Waals surface area contributed by atoms with E-state index >= 15 is 0 Å². The molecule has 1 atom stereocenters. The van der Waals surface area contributed by atoms with Crippen molar-refractivity contribution < 1.29 is 13.9 Å². The predicted molar refractivity (Wildman–Crippen MR) is 104 cm³/mol. The molecule has 0 heterocycles. The third-order valence-electron chi connectivity index (χ3n) is 4.32. The molecule has 136 valence electrons. The largest absolute Gasteiger partial charge is 0.458 e. The molecule has 0 radical (unpaired) electrons. The summed E-state index contributed by atoms with van der Waals surface area (Å²) in [6.45, 7) is 9.02. The molecule has 0 aliphatic heterocycles. The van der Waals surface area contributed by atoms with Gasteiger partial charge in [0.05, 0.1) is 6.57 Å². The Hall–Kier alpha value is -3.32. The first-order valence-corrected chi connectivity index (χ1v) is 8.72. The molecule has 1 unspecified atom stereocenters. The van der Waals surface area contributed by atoms with Crippen LogP contribution < -0.4 is 9.47 Å². The van der Waals surface area contributed by atoms with Gasteiger partial charge in [-0.2, -0.15) is 0 Å². The maximum atomic E-state index is 13.5. The summed E-state index contributed by atoms with van der Waals surface area (Å²) in [6.07, 6.45) is 0.952. The molecule has 0 amide bonds. The van der Waals surface area contributed by atoms with Crippen LogP contribution in [-0.4, -0.2) is 6.79 Å². The zero-order valence-corrected chi connectivity index (χ0v) is 15.1. The van der Waals surface area contributed by atoms with Gasteiger partial charge in [-0.15, -0.1) is 0 Å². The standard InChI is InChI=1S/C23H20FNO2/c1-17(19-6-4-3-5-7-19)14-18-8-10-20(11-9-18)26-16-27-21-12-13-23(25-2)22(24)15-21/h3-13,15,17H,14,16H2,1H3. The molecule has 4 heteroatoms. The van der Waals surface area contributed by atoms with Crippen LogP contribution in [0.2, 0.25) is 0 Å². The summed E-state index contributed by atoms with van der Waals surface area (Å²) in [5.41, 5.74) is 2.53. The van der Waals surface area contributed by atoms with E-state index in [9.17, 15) is 4.39 Å². The van der Waals surface area contributed by atoms with Gasteiger partial charge in [0.25, 0.3) is 0 Å². The molecule has 0 bridgehead atoms. The van der Waals surface area contributed by atoms with E-state index < -0.39 is 5.82 Å². The van der Waals surface area contributed by atoms with Gasteiger partial charge in [0.1, 0.15) is 17.3 Å². The molecule has 0 saturated heterocycles. The van der Waals surface area contributed by atoms with Crippen LogP contribution in [0, 0.1) is 12.4 Å². The molecule has 0 fully saturated rings. The fourth-order valence-corrected chi connectivity index (χ4v) is 2.81. The van der Waals surface area contributed by atoms with Crippen molar-refractivity contribution in [2.24, 2.45) is 0 Å². The summed E-state index contributed by atoms with van der Waals surface area (Å²) < 4.78 is 24.5. The van der Waals surface area contributed by atoms with Gasteiger partial charge in [-0.1, -0.05) is 49.4 Å². The molecule has 0 N–H and O–H groups in total. The second kappa shape index (κ2) is 8.86. The predicted octanol–water partition coefficient (Wildman–Crippen LogP) is 6.14. The second-order valence-corrected chi connectivity index (χ2v) is 6.29. The van der Waals surface area contributed by atoms with Gasteiger partial charge in [0, 0.05) is 6.07 Å². The number of nitrogens with zero attached hydrogens (tertiary/aromatic N) is 1. The molecule has 3 rings (SSSR count). The van der Waals surface area contributed by atoms with E-state index in [1.165, 1.54) is 23.3 Å². The highest BCUT2D eigenvalue weighted by molar-refractivity contribution is 5.48. The summed E-state index contributed by atoms with van der Waals surface area (Å²) in [5.74, 6) is 0.853. The Balaban J connectivity index is 1.50. The average molecular weight is 361 g/mol. The van der Waals surface area contributed by atoms with E-state index in [1.807, 2.05) is 30.3 Å². The highest BCUT2D eigenvalue weighted by atomic mass is 19.1. The second-order valence-electron chi connectivity index (χ2n) is 6.29. The van der Waals surface area contributed by atoms with Crippen LogP contribution in [0.5, 0.6) is 11.5 Å². The van der Waals surface area contributed by atoms with Crippen molar-refractivity contribution in [2.75, 3.05) is 6.79 Å². The smallest absolute Gasteiger partial charge is 0.230 e. The van der Waals surface area contributed by atoms with E-state index in [0.717, 1.165) is 6.42 Å². The minimum absolute atomic E-state index is 0.0245. The van der Waals surface area contributed by atoms with Crippen molar-refractivity contribution in [1.29, 1.82) is 0 Å². The first-order valence-electron chi connectivity index (χ1n) is 8.72. The van der Waals surface area contributed by atoms with E-state index in [0.29, 0.717) is 17.4 Å². The van der Waals surface area contributed by atoms with E-state index in [4.69, 9.17) is 16.0 Å². The molecule has 0 aliphatic rings. The zero-order chi connectivity index (χ0) is 19.1. The van der Waals surface area contributed by atoms with Gasteiger partial charge in [0.15, 0.2) is 0 Å². The quantitative estimate of drug-likeness (QED) is 0.373. The van der Waals surface area contributed by atoms with Crippen LogP contribution in [0.25, 0.3) is 4.85 Å². The van der Waals surface area contributed by atoms with Gasteiger partial charge in [-0.25, -0.2) is 9.24 Å². The Morgan fingerprint density at radius 1 is 0.926 bits per heavy atom. The molecule has 0 saturated carbocycles. The van der Waals surface area contributed by atoms with Crippen molar-refractivity contribution >= 4 is 5.69 Å². The molecule has 0 aliphatic carbocycles. The zero-order valence-electron chi connectivity index (χ0n) is 15.1. The van der Waals surface area contributed by atoms with Crippen molar-refractivity contribution in [1.82, 2.24) is 0 Å². The molecule has 0 aromatic heterocycles. The first kappa shape index (κ1) is 18.5. The van der Waals surface area contributed by atoms with E-state index in [2.05, 4.69) is 36.0 Å². The molecular weight excluding hydrogens is 341 g/mol. The van der Waals surface area contributed by atoms with Gasteiger partial charge in [-0.3, -0.25) is 0 Å². The van der Waals surface area contributed by atoms with Gasteiger partial charge in [0.2, 0.25) is 12.5 Å². The topological polar surface area (TPSA) is 22.8 Å². The Morgan fingerprint density at radius 3 is 2.26 bits per heavy atom. The molecule has 3 aromatic rings. The number of rotatable bonds is 7. The van der Waals surface area contributed by atoms with Crippen molar-refractivity contribution in [2.45, 2.75) is 19.3 Å². The lowest BCUT2D eigenvalue weighted by Crippen LogP contribution is -2.06. The SMILES string of the molecule is [C-]#[N+]c1ccc(OCOc2ccc(CC(C)c3ccccc3)cc2)cc1F. The van der Waals surface area contributed by atoms with Crippen LogP contribution in [0.1, 0.15) is 24.0 Å². The van der Waals surface area contributed by atoms with Crippen LogP contribution in [0.3, 0.4) is 0 Å². The normalized spacial score (nSPS) is 11.4. The van der Waals surface area contributed by atoms with Crippen LogP contribution in [-0.2, 0) is 6.42 Å². The highest BCUT2D eigenvalue weighted by Crippen LogP contribution is 2.24. The maximum Gasteiger partial charge on any atom is 0.230 e. The lowest BCUT2D eigenvalue weighted by atomic mass is 9.94. The monoisotopic (exact) mass is 361 g/mol.